The molecule has 0 aliphatic heterocycles. The van der Waals surface area contributed by atoms with Gasteiger partial charge < -0.3 is 5.32 Å². The van der Waals surface area contributed by atoms with Gasteiger partial charge in [0.2, 0.25) is 0 Å². The largest absolute Gasteiger partial charge is 0.317 e. The molecule has 96 valence electrons. The molecule has 1 N–H and O–H groups in total. The second-order valence-corrected chi connectivity index (χ2v) is 6.17. The lowest BCUT2D eigenvalue weighted by molar-refractivity contribution is 0.161. The first-order chi connectivity index (χ1) is 7.58. The van der Waals surface area contributed by atoms with Crippen LogP contribution in [0.1, 0.15) is 59.8 Å². The van der Waals surface area contributed by atoms with Gasteiger partial charge in [-0.15, -0.1) is 0 Å². The molecule has 0 heterocycles. The summed E-state index contributed by atoms with van der Waals surface area (Å²) in [5.74, 6) is 3.65. The molecule has 5 atom stereocenters. The van der Waals surface area contributed by atoms with Gasteiger partial charge in [0.15, 0.2) is 0 Å². The maximum Gasteiger partial charge on any atom is 0.00949 e. The highest BCUT2D eigenvalue weighted by molar-refractivity contribution is 4.83. The molecule has 0 saturated heterocycles. The fraction of sp³-hybridized carbons (Fsp3) is 1.00. The van der Waals surface area contributed by atoms with Crippen LogP contribution in [0.4, 0.5) is 0 Å². The Kier molecular flexibility index (Phi) is 5.82. The molecule has 1 rings (SSSR count). The summed E-state index contributed by atoms with van der Waals surface area (Å²) in [4.78, 5) is 0. The maximum atomic E-state index is 3.57. The first-order valence-electron chi connectivity index (χ1n) is 7.25. The van der Waals surface area contributed by atoms with Crippen molar-refractivity contribution in [3.8, 4) is 0 Å². The standard InChI is InChI=1S/C15H31N/c1-6-11(2)9-15(16-5)14-8-7-12(3)13(4)10-14/h11-16H,6-10H2,1-5H3. The zero-order valence-electron chi connectivity index (χ0n) is 11.9. The zero-order chi connectivity index (χ0) is 12.1. The van der Waals surface area contributed by atoms with E-state index in [1.807, 2.05) is 0 Å². The van der Waals surface area contributed by atoms with Crippen LogP contribution in [0.3, 0.4) is 0 Å². The van der Waals surface area contributed by atoms with E-state index in [0.717, 1.165) is 29.7 Å². The average Bonchev–Trinajstić information content (AvgIpc) is 2.29. The first kappa shape index (κ1) is 14.0. The molecule has 1 saturated carbocycles. The highest BCUT2D eigenvalue weighted by Crippen LogP contribution is 2.36. The molecule has 0 aromatic heterocycles. The summed E-state index contributed by atoms with van der Waals surface area (Å²) >= 11 is 0. The summed E-state index contributed by atoms with van der Waals surface area (Å²) < 4.78 is 0. The topological polar surface area (TPSA) is 12.0 Å². The van der Waals surface area contributed by atoms with E-state index in [1.165, 1.54) is 32.1 Å². The van der Waals surface area contributed by atoms with E-state index < -0.39 is 0 Å². The molecule has 1 aliphatic rings. The summed E-state index contributed by atoms with van der Waals surface area (Å²) in [7, 11) is 2.15. The Balaban J connectivity index is 2.47. The average molecular weight is 225 g/mol. The van der Waals surface area contributed by atoms with Gasteiger partial charge in [-0.25, -0.2) is 0 Å². The van der Waals surface area contributed by atoms with E-state index in [9.17, 15) is 0 Å². The molecular formula is C15H31N. The van der Waals surface area contributed by atoms with E-state index >= 15 is 0 Å². The van der Waals surface area contributed by atoms with Crippen LogP contribution in [-0.2, 0) is 0 Å². The van der Waals surface area contributed by atoms with Crippen molar-refractivity contribution in [2.75, 3.05) is 7.05 Å². The van der Waals surface area contributed by atoms with Gasteiger partial charge in [0.25, 0.3) is 0 Å². The van der Waals surface area contributed by atoms with Crippen molar-refractivity contribution in [1.82, 2.24) is 5.32 Å². The van der Waals surface area contributed by atoms with E-state index in [2.05, 4.69) is 40.1 Å². The lowest BCUT2D eigenvalue weighted by Crippen LogP contribution is -2.38. The number of nitrogens with one attached hydrogen (secondary N) is 1. The molecule has 1 fully saturated rings. The molecule has 0 aromatic rings. The number of hydrogen-bond donors (Lipinski definition) is 1. The highest BCUT2D eigenvalue weighted by Gasteiger charge is 2.29. The van der Waals surface area contributed by atoms with Crippen LogP contribution in [0, 0.1) is 23.7 Å². The molecule has 1 aliphatic carbocycles. The molecule has 16 heavy (non-hydrogen) atoms. The highest BCUT2D eigenvalue weighted by atomic mass is 14.9. The fourth-order valence-electron chi connectivity index (χ4n) is 3.10. The quantitative estimate of drug-likeness (QED) is 0.743. The third kappa shape index (κ3) is 3.76. The van der Waals surface area contributed by atoms with Crippen molar-refractivity contribution < 1.29 is 0 Å². The third-order valence-corrected chi connectivity index (χ3v) is 4.93. The number of hydrogen-bond acceptors (Lipinski definition) is 1. The van der Waals surface area contributed by atoms with Crippen molar-refractivity contribution >= 4 is 0 Å². The van der Waals surface area contributed by atoms with Gasteiger partial charge in [0.1, 0.15) is 0 Å². The molecule has 0 bridgehead atoms. The SMILES string of the molecule is CCC(C)CC(NC)C1CCC(C)C(C)C1. The van der Waals surface area contributed by atoms with Gasteiger partial charge in [-0.1, -0.05) is 40.5 Å². The van der Waals surface area contributed by atoms with Crippen molar-refractivity contribution in [2.24, 2.45) is 23.7 Å². The smallest absolute Gasteiger partial charge is 0.00949 e. The summed E-state index contributed by atoms with van der Waals surface area (Å²) in [6.45, 7) is 9.55. The molecule has 0 aromatic carbocycles. The predicted octanol–water partition coefficient (Wildman–Crippen LogP) is 4.08. The van der Waals surface area contributed by atoms with Crippen LogP contribution in [0.5, 0.6) is 0 Å². The summed E-state index contributed by atoms with van der Waals surface area (Å²) in [6, 6.07) is 0.755. The Hall–Kier alpha value is -0.0400. The monoisotopic (exact) mass is 225 g/mol. The van der Waals surface area contributed by atoms with Crippen LogP contribution in [0.2, 0.25) is 0 Å². The Morgan fingerprint density at radius 2 is 1.88 bits per heavy atom. The van der Waals surface area contributed by atoms with Crippen LogP contribution >= 0.6 is 0 Å². The Labute approximate surface area is 102 Å². The van der Waals surface area contributed by atoms with E-state index in [4.69, 9.17) is 0 Å². The van der Waals surface area contributed by atoms with Gasteiger partial charge in [-0.2, -0.15) is 0 Å². The molecule has 5 unspecified atom stereocenters. The Bertz CT molecular complexity index is 188. The van der Waals surface area contributed by atoms with Gasteiger partial charge in [0, 0.05) is 6.04 Å². The molecular weight excluding hydrogens is 194 g/mol. The van der Waals surface area contributed by atoms with E-state index in [1.54, 1.807) is 0 Å². The Morgan fingerprint density at radius 1 is 1.19 bits per heavy atom. The van der Waals surface area contributed by atoms with Gasteiger partial charge in [-0.05, 0) is 50.0 Å². The molecule has 1 nitrogen and oxygen atoms in total. The van der Waals surface area contributed by atoms with Crippen molar-refractivity contribution in [3.63, 3.8) is 0 Å². The van der Waals surface area contributed by atoms with Gasteiger partial charge in [-0.3, -0.25) is 0 Å². The van der Waals surface area contributed by atoms with Crippen molar-refractivity contribution in [1.29, 1.82) is 0 Å². The summed E-state index contributed by atoms with van der Waals surface area (Å²) in [5.41, 5.74) is 0. The van der Waals surface area contributed by atoms with Gasteiger partial charge >= 0.3 is 0 Å². The molecule has 0 spiro atoms. The zero-order valence-corrected chi connectivity index (χ0v) is 11.9. The first-order valence-corrected chi connectivity index (χ1v) is 7.25. The lowest BCUT2D eigenvalue weighted by atomic mass is 9.72. The lowest BCUT2D eigenvalue weighted by Gasteiger charge is -2.37. The second kappa shape index (κ2) is 6.64. The predicted molar refractivity (Wildman–Crippen MR) is 72.6 cm³/mol. The van der Waals surface area contributed by atoms with Gasteiger partial charge in [0.05, 0.1) is 0 Å². The normalized spacial score (nSPS) is 34.7. The minimum absolute atomic E-state index is 0.755. The summed E-state index contributed by atoms with van der Waals surface area (Å²) in [5, 5.41) is 3.57. The second-order valence-electron chi connectivity index (χ2n) is 6.17. The van der Waals surface area contributed by atoms with Crippen molar-refractivity contribution in [3.05, 3.63) is 0 Å². The number of rotatable bonds is 5. The van der Waals surface area contributed by atoms with E-state index in [0.29, 0.717) is 0 Å². The molecule has 0 amide bonds. The van der Waals surface area contributed by atoms with Crippen LogP contribution in [0.25, 0.3) is 0 Å². The molecule has 1 heteroatoms. The van der Waals surface area contributed by atoms with E-state index in [-0.39, 0.29) is 0 Å². The summed E-state index contributed by atoms with van der Waals surface area (Å²) in [6.07, 6.45) is 6.98. The van der Waals surface area contributed by atoms with Crippen LogP contribution < -0.4 is 5.32 Å². The maximum absolute atomic E-state index is 3.57. The van der Waals surface area contributed by atoms with Crippen LogP contribution in [-0.4, -0.2) is 13.1 Å². The third-order valence-electron chi connectivity index (χ3n) is 4.93. The minimum atomic E-state index is 0.755. The fourth-order valence-corrected chi connectivity index (χ4v) is 3.10. The minimum Gasteiger partial charge on any atom is -0.317 e. The van der Waals surface area contributed by atoms with Crippen LogP contribution in [0.15, 0.2) is 0 Å². The van der Waals surface area contributed by atoms with Crippen molar-refractivity contribution in [2.45, 2.75) is 65.8 Å². The molecule has 0 radical (unpaired) electrons. The Morgan fingerprint density at radius 3 is 2.38 bits per heavy atom.